The molecule has 2 fully saturated rings. The number of fused-ring (bicyclic) bond motifs is 2. The van der Waals surface area contributed by atoms with Crippen LogP contribution >= 0.6 is 11.6 Å². The Labute approximate surface area is 161 Å². The fourth-order valence-corrected chi connectivity index (χ4v) is 3.58. The van der Waals surface area contributed by atoms with Crippen LogP contribution in [0.25, 0.3) is 5.69 Å². The first-order chi connectivity index (χ1) is 13.0. The Kier molecular flexibility index (Phi) is 4.79. The van der Waals surface area contributed by atoms with Crippen LogP contribution in [0.3, 0.4) is 0 Å². The summed E-state index contributed by atoms with van der Waals surface area (Å²) in [5.74, 6) is 0.283. The van der Waals surface area contributed by atoms with E-state index < -0.39 is 0 Å². The number of carbonyl (C=O) groups excluding carboxylic acids is 1. The lowest BCUT2D eigenvalue weighted by Gasteiger charge is -2.20. The minimum absolute atomic E-state index is 0.0273. The SMILES string of the molecule is Nc1cc(-n2cc3c(n2)C2(CC2)CNC3=O)c(Cl)cn1.OC1CCCOC1. The number of hydrogen-bond acceptors (Lipinski definition) is 6. The van der Waals surface area contributed by atoms with E-state index in [1.165, 1.54) is 6.20 Å². The second-order valence-electron chi connectivity index (χ2n) is 7.23. The highest BCUT2D eigenvalue weighted by molar-refractivity contribution is 6.32. The molecule has 1 aliphatic carbocycles. The van der Waals surface area contributed by atoms with Crippen LogP contribution in [-0.4, -0.2) is 51.6 Å². The molecule has 2 aliphatic heterocycles. The fourth-order valence-electron chi connectivity index (χ4n) is 3.39. The second kappa shape index (κ2) is 7.10. The molecule has 5 rings (SSSR count). The number of hydrogen-bond donors (Lipinski definition) is 3. The summed E-state index contributed by atoms with van der Waals surface area (Å²) in [5.41, 5.74) is 7.85. The maximum Gasteiger partial charge on any atom is 0.254 e. The molecule has 0 radical (unpaired) electrons. The number of nitrogens with two attached hydrogens (primary N) is 1. The van der Waals surface area contributed by atoms with E-state index in [0.717, 1.165) is 38.0 Å². The Hall–Kier alpha value is -2.16. The van der Waals surface area contributed by atoms with Gasteiger partial charge in [-0.3, -0.25) is 4.79 Å². The summed E-state index contributed by atoms with van der Waals surface area (Å²) in [7, 11) is 0. The van der Waals surface area contributed by atoms with E-state index in [0.29, 0.717) is 35.2 Å². The monoisotopic (exact) mass is 391 g/mol. The third-order valence-electron chi connectivity index (χ3n) is 5.14. The van der Waals surface area contributed by atoms with Gasteiger partial charge in [-0.25, -0.2) is 9.67 Å². The molecule has 1 amide bonds. The number of carbonyl (C=O) groups is 1. The first-order valence-electron chi connectivity index (χ1n) is 9.04. The van der Waals surface area contributed by atoms with Crippen molar-refractivity contribution in [2.45, 2.75) is 37.2 Å². The van der Waals surface area contributed by atoms with Crippen LogP contribution in [0, 0.1) is 0 Å². The van der Waals surface area contributed by atoms with Crippen molar-refractivity contribution < 1.29 is 14.6 Å². The zero-order valence-corrected chi connectivity index (χ0v) is 15.6. The largest absolute Gasteiger partial charge is 0.391 e. The first kappa shape index (κ1) is 18.2. The number of aliphatic hydroxyl groups is 1. The summed E-state index contributed by atoms with van der Waals surface area (Å²) in [4.78, 5) is 15.9. The van der Waals surface area contributed by atoms with Gasteiger partial charge in [0, 0.05) is 30.8 Å². The number of pyridine rings is 1. The molecule has 27 heavy (non-hydrogen) atoms. The molecule has 2 aromatic heterocycles. The summed E-state index contributed by atoms with van der Waals surface area (Å²) in [6.07, 6.45) is 7.06. The first-order valence-corrected chi connectivity index (χ1v) is 9.42. The lowest BCUT2D eigenvalue weighted by molar-refractivity contribution is -0.00535. The molecule has 1 saturated heterocycles. The Bertz CT molecular complexity index is 859. The lowest BCUT2D eigenvalue weighted by atomic mass is 9.95. The number of ether oxygens (including phenoxy) is 1. The summed E-state index contributed by atoms with van der Waals surface area (Å²) >= 11 is 6.14. The zero-order valence-electron chi connectivity index (χ0n) is 14.8. The van der Waals surface area contributed by atoms with Gasteiger partial charge < -0.3 is 20.9 Å². The number of rotatable bonds is 1. The molecule has 4 N–H and O–H groups in total. The third-order valence-corrected chi connectivity index (χ3v) is 5.43. The molecular weight excluding hydrogens is 370 g/mol. The minimum Gasteiger partial charge on any atom is -0.391 e. The quantitative estimate of drug-likeness (QED) is 0.677. The maximum atomic E-state index is 12.0. The van der Waals surface area contributed by atoms with Gasteiger partial charge in [-0.05, 0) is 25.7 Å². The van der Waals surface area contributed by atoms with Crippen LogP contribution in [-0.2, 0) is 10.2 Å². The highest BCUT2D eigenvalue weighted by Crippen LogP contribution is 2.49. The predicted molar refractivity (Wildman–Crippen MR) is 100 cm³/mol. The standard InChI is InChI=1S/C13H12ClN5O.C5H10O2/c14-8-4-16-10(15)3-9(8)19-5-7-11(18-19)13(1-2-13)6-17-12(7)20;6-5-2-1-3-7-4-5/h3-5H,1-2,6H2,(H2,15,16)(H,17,20);5-6H,1-4H2. The summed E-state index contributed by atoms with van der Waals surface area (Å²) < 4.78 is 6.55. The van der Waals surface area contributed by atoms with E-state index in [4.69, 9.17) is 27.2 Å². The maximum absolute atomic E-state index is 12.0. The summed E-state index contributed by atoms with van der Waals surface area (Å²) in [6, 6.07) is 1.65. The number of amides is 1. The van der Waals surface area contributed by atoms with E-state index in [1.807, 2.05) is 0 Å². The van der Waals surface area contributed by atoms with Crippen molar-refractivity contribution >= 4 is 23.3 Å². The normalized spacial score (nSPS) is 22.4. The van der Waals surface area contributed by atoms with Crippen molar-refractivity contribution in [3.63, 3.8) is 0 Å². The van der Waals surface area contributed by atoms with Crippen LogP contribution < -0.4 is 11.1 Å². The highest BCUT2D eigenvalue weighted by Gasteiger charge is 2.51. The highest BCUT2D eigenvalue weighted by atomic mass is 35.5. The molecule has 3 aliphatic rings. The van der Waals surface area contributed by atoms with Crippen LogP contribution in [0.15, 0.2) is 18.5 Å². The third kappa shape index (κ3) is 3.65. The molecular formula is C18H22ClN5O3. The van der Waals surface area contributed by atoms with Crippen molar-refractivity contribution in [2.24, 2.45) is 0 Å². The Morgan fingerprint density at radius 2 is 2.26 bits per heavy atom. The van der Waals surface area contributed by atoms with Crippen molar-refractivity contribution in [3.8, 4) is 5.69 Å². The van der Waals surface area contributed by atoms with Gasteiger partial charge in [-0.15, -0.1) is 0 Å². The molecule has 1 atom stereocenters. The number of anilines is 1. The van der Waals surface area contributed by atoms with E-state index in [9.17, 15) is 4.79 Å². The van der Waals surface area contributed by atoms with Gasteiger partial charge in [-0.2, -0.15) is 5.10 Å². The number of nitrogens with zero attached hydrogens (tertiary/aromatic N) is 3. The Morgan fingerprint density at radius 3 is 2.89 bits per heavy atom. The average molecular weight is 392 g/mol. The van der Waals surface area contributed by atoms with Crippen LogP contribution in [0.2, 0.25) is 5.02 Å². The molecule has 0 aromatic carbocycles. The van der Waals surface area contributed by atoms with Crippen molar-refractivity contribution in [1.29, 1.82) is 0 Å². The van der Waals surface area contributed by atoms with Crippen LogP contribution in [0.4, 0.5) is 5.82 Å². The Morgan fingerprint density at radius 1 is 1.44 bits per heavy atom. The Balaban J connectivity index is 0.000000218. The zero-order chi connectivity index (χ0) is 19.0. The lowest BCUT2D eigenvalue weighted by Crippen LogP contribution is -2.38. The second-order valence-corrected chi connectivity index (χ2v) is 7.64. The fraction of sp³-hybridized carbons (Fsp3) is 0.500. The molecule has 8 nitrogen and oxygen atoms in total. The number of aliphatic hydroxyl groups excluding tert-OH is 1. The minimum atomic E-state index is -0.186. The molecule has 1 spiro atoms. The molecule has 0 bridgehead atoms. The van der Waals surface area contributed by atoms with Crippen LogP contribution in [0.5, 0.6) is 0 Å². The van der Waals surface area contributed by atoms with Crippen molar-refractivity contribution in [2.75, 3.05) is 25.5 Å². The molecule has 9 heteroatoms. The molecule has 1 saturated carbocycles. The topological polar surface area (TPSA) is 115 Å². The van der Waals surface area contributed by atoms with E-state index in [-0.39, 0.29) is 17.4 Å². The van der Waals surface area contributed by atoms with E-state index in [1.54, 1.807) is 16.9 Å². The van der Waals surface area contributed by atoms with E-state index >= 15 is 0 Å². The summed E-state index contributed by atoms with van der Waals surface area (Å²) in [6.45, 7) is 2.04. The number of nitrogen functional groups attached to an aromatic ring is 1. The molecule has 144 valence electrons. The number of nitrogens with one attached hydrogen (secondary N) is 1. The number of aromatic nitrogens is 3. The van der Waals surface area contributed by atoms with Crippen molar-refractivity contribution in [1.82, 2.24) is 20.1 Å². The van der Waals surface area contributed by atoms with Gasteiger partial charge >= 0.3 is 0 Å². The van der Waals surface area contributed by atoms with Gasteiger partial charge in [0.15, 0.2) is 0 Å². The summed E-state index contributed by atoms with van der Waals surface area (Å²) in [5, 5.41) is 16.7. The van der Waals surface area contributed by atoms with Gasteiger partial charge in [0.05, 0.1) is 40.9 Å². The van der Waals surface area contributed by atoms with E-state index in [2.05, 4.69) is 15.4 Å². The predicted octanol–water partition coefficient (Wildman–Crippen LogP) is 1.44. The number of halogens is 1. The van der Waals surface area contributed by atoms with Gasteiger partial charge in [0.1, 0.15) is 5.82 Å². The van der Waals surface area contributed by atoms with Gasteiger partial charge in [0.25, 0.3) is 5.91 Å². The van der Waals surface area contributed by atoms with Crippen molar-refractivity contribution in [3.05, 3.63) is 34.7 Å². The van der Waals surface area contributed by atoms with Gasteiger partial charge in [0.2, 0.25) is 0 Å². The van der Waals surface area contributed by atoms with Crippen LogP contribution in [0.1, 0.15) is 41.7 Å². The molecule has 1 unspecified atom stereocenters. The molecule has 4 heterocycles. The average Bonchev–Trinajstić information content (AvgIpc) is 3.29. The molecule has 2 aromatic rings. The van der Waals surface area contributed by atoms with Gasteiger partial charge in [-0.1, -0.05) is 11.6 Å². The smallest absolute Gasteiger partial charge is 0.254 e.